The fourth-order valence-corrected chi connectivity index (χ4v) is 5.43. The quantitative estimate of drug-likeness (QED) is 0.549. The van der Waals surface area contributed by atoms with E-state index in [1.165, 1.54) is 18.9 Å². The summed E-state index contributed by atoms with van der Waals surface area (Å²) in [6, 6.07) is 5.61. The van der Waals surface area contributed by atoms with Gasteiger partial charge in [0.2, 0.25) is 5.91 Å². The standard InChI is InChI=1S/C26H34F3N3O2/c1-18(2)11-24(33)32-14-21(16-34-15-19-3-4-19)25(17-32)7-9-31(10-8-25)22-6-5-20(13-30)23(12-22)26(27,28)29/h5-6,12,18-19,21H,3-4,7-11,14-17H2,1-2H3. The number of hydrogen-bond acceptors (Lipinski definition) is 4. The fraction of sp³-hybridized carbons (Fsp3) is 0.692. The maximum Gasteiger partial charge on any atom is 0.417 e. The Morgan fingerprint density at radius 3 is 2.53 bits per heavy atom. The van der Waals surface area contributed by atoms with Gasteiger partial charge in [-0.15, -0.1) is 0 Å². The van der Waals surface area contributed by atoms with Gasteiger partial charge in [0.25, 0.3) is 0 Å². The molecule has 8 heteroatoms. The lowest BCUT2D eigenvalue weighted by atomic mass is 9.71. The van der Waals surface area contributed by atoms with E-state index in [0.717, 1.165) is 25.5 Å². The van der Waals surface area contributed by atoms with Crippen LogP contribution in [-0.2, 0) is 15.7 Å². The summed E-state index contributed by atoms with van der Waals surface area (Å²) in [6.45, 7) is 8.15. The van der Waals surface area contributed by atoms with E-state index in [2.05, 4.69) is 0 Å². The number of benzene rings is 1. The van der Waals surface area contributed by atoms with Crippen LogP contribution in [0.1, 0.15) is 57.1 Å². The zero-order valence-electron chi connectivity index (χ0n) is 20.0. The molecule has 0 radical (unpaired) electrons. The normalized spacial score (nSPS) is 22.4. The van der Waals surface area contributed by atoms with Gasteiger partial charge in [0.15, 0.2) is 0 Å². The summed E-state index contributed by atoms with van der Waals surface area (Å²) in [6.07, 6.45) is 0.0329. The maximum atomic E-state index is 13.4. The highest BCUT2D eigenvalue weighted by Crippen LogP contribution is 2.46. The van der Waals surface area contributed by atoms with E-state index >= 15 is 0 Å². The van der Waals surface area contributed by atoms with Gasteiger partial charge in [-0.3, -0.25) is 4.79 Å². The fourth-order valence-electron chi connectivity index (χ4n) is 5.43. The van der Waals surface area contributed by atoms with Crippen LogP contribution in [0.3, 0.4) is 0 Å². The smallest absolute Gasteiger partial charge is 0.381 e. The van der Waals surface area contributed by atoms with Crippen molar-refractivity contribution in [3.05, 3.63) is 29.3 Å². The first kappa shape index (κ1) is 24.8. The molecule has 1 unspecified atom stereocenters. The van der Waals surface area contributed by atoms with E-state index in [0.29, 0.717) is 56.7 Å². The Kier molecular flexibility index (Phi) is 7.14. The van der Waals surface area contributed by atoms with Crippen LogP contribution in [0.5, 0.6) is 0 Å². The van der Waals surface area contributed by atoms with Gasteiger partial charge < -0.3 is 14.5 Å². The molecule has 186 valence electrons. The molecule has 34 heavy (non-hydrogen) atoms. The van der Waals surface area contributed by atoms with E-state index < -0.39 is 11.7 Å². The molecular formula is C26H34F3N3O2. The van der Waals surface area contributed by atoms with Gasteiger partial charge in [-0.05, 0) is 61.1 Å². The molecule has 1 saturated carbocycles. The van der Waals surface area contributed by atoms with Gasteiger partial charge in [0, 0.05) is 50.8 Å². The number of carbonyl (C=O) groups excluding carboxylic acids is 1. The van der Waals surface area contributed by atoms with Crippen molar-refractivity contribution in [3.63, 3.8) is 0 Å². The number of alkyl halides is 3. The van der Waals surface area contributed by atoms with Gasteiger partial charge in [0.05, 0.1) is 23.8 Å². The highest BCUT2D eigenvalue weighted by molar-refractivity contribution is 5.76. The number of hydrogen-bond donors (Lipinski definition) is 0. The zero-order valence-corrected chi connectivity index (χ0v) is 20.0. The molecule has 2 saturated heterocycles. The number of nitrogens with zero attached hydrogens (tertiary/aromatic N) is 3. The predicted molar refractivity (Wildman–Crippen MR) is 123 cm³/mol. The van der Waals surface area contributed by atoms with Crippen LogP contribution in [0.15, 0.2) is 18.2 Å². The van der Waals surface area contributed by atoms with E-state index in [1.54, 1.807) is 12.1 Å². The molecule has 1 amide bonds. The number of piperidine rings is 1. The minimum Gasteiger partial charge on any atom is -0.381 e. The van der Waals surface area contributed by atoms with Gasteiger partial charge in [-0.1, -0.05) is 13.8 Å². The first-order valence-corrected chi connectivity index (χ1v) is 12.3. The molecule has 2 aliphatic heterocycles. The predicted octanol–water partition coefficient (Wildman–Crippen LogP) is 5.09. The third-order valence-corrected chi connectivity index (χ3v) is 7.67. The highest BCUT2D eigenvalue weighted by atomic mass is 19.4. The highest BCUT2D eigenvalue weighted by Gasteiger charge is 2.49. The summed E-state index contributed by atoms with van der Waals surface area (Å²) < 4.78 is 46.4. The minimum absolute atomic E-state index is 0.0634. The minimum atomic E-state index is -4.56. The number of anilines is 1. The van der Waals surface area contributed by atoms with Crippen LogP contribution in [0.2, 0.25) is 0 Å². The molecule has 0 aromatic heterocycles. The molecular weight excluding hydrogens is 443 g/mol. The summed E-state index contributed by atoms with van der Waals surface area (Å²) in [5.74, 6) is 1.41. The van der Waals surface area contributed by atoms with E-state index in [1.807, 2.05) is 23.6 Å². The lowest BCUT2D eigenvalue weighted by Gasteiger charge is -2.43. The molecule has 0 N–H and O–H groups in total. The molecule has 4 rings (SSSR count). The van der Waals surface area contributed by atoms with Gasteiger partial charge in [-0.2, -0.15) is 18.4 Å². The number of carbonyl (C=O) groups is 1. The first-order valence-electron chi connectivity index (χ1n) is 12.3. The first-order chi connectivity index (χ1) is 16.1. The zero-order chi connectivity index (χ0) is 24.5. The Morgan fingerprint density at radius 2 is 1.94 bits per heavy atom. The monoisotopic (exact) mass is 477 g/mol. The maximum absolute atomic E-state index is 13.4. The molecule has 1 aromatic rings. The van der Waals surface area contributed by atoms with Crippen LogP contribution in [0.25, 0.3) is 0 Å². The molecule has 1 aromatic carbocycles. The summed E-state index contributed by atoms with van der Waals surface area (Å²) >= 11 is 0. The summed E-state index contributed by atoms with van der Waals surface area (Å²) in [7, 11) is 0. The second kappa shape index (κ2) is 9.77. The molecule has 1 spiro atoms. The van der Waals surface area contributed by atoms with Crippen molar-refractivity contribution in [2.75, 3.05) is 44.3 Å². The van der Waals surface area contributed by atoms with Crippen LogP contribution < -0.4 is 4.90 Å². The van der Waals surface area contributed by atoms with Crippen molar-refractivity contribution in [3.8, 4) is 6.07 Å². The summed E-state index contributed by atoms with van der Waals surface area (Å²) in [5, 5.41) is 9.08. The van der Waals surface area contributed by atoms with Crippen molar-refractivity contribution in [1.82, 2.24) is 4.90 Å². The lowest BCUT2D eigenvalue weighted by molar-refractivity contribution is -0.137. The summed E-state index contributed by atoms with van der Waals surface area (Å²) in [5.41, 5.74) is -0.807. The van der Waals surface area contributed by atoms with Crippen LogP contribution >= 0.6 is 0 Å². The SMILES string of the molecule is CC(C)CC(=O)N1CC(COCC2CC2)C2(CCN(c3ccc(C#N)c(C(F)(F)F)c3)CC2)C1. The molecule has 3 fully saturated rings. The Morgan fingerprint density at radius 1 is 1.24 bits per heavy atom. The third kappa shape index (κ3) is 5.51. The molecule has 1 atom stereocenters. The van der Waals surface area contributed by atoms with Crippen LogP contribution in [0, 0.1) is 34.5 Å². The Hall–Kier alpha value is -2.27. The van der Waals surface area contributed by atoms with E-state index in [9.17, 15) is 18.0 Å². The molecule has 3 aliphatic rings. The summed E-state index contributed by atoms with van der Waals surface area (Å²) in [4.78, 5) is 16.8. The van der Waals surface area contributed by atoms with Crippen molar-refractivity contribution >= 4 is 11.6 Å². The Labute approximate surface area is 199 Å². The van der Waals surface area contributed by atoms with Gasteiger partial charge in [-0.25, -0.2) is 0 Å². The number of ether oxygens (including phenoxy) is 1. The van der Waals surface area contributed by atoms with Gasteiger partial charge >= 0.3 is 6.18 Å². The largest absolute Gasteiger partial charge is 0.417 e. The molecule has 0 bridgehead atoms. The Balaban J connectivity index is 1.47. The number of nitriles is 1. The number of amides is 1. The molecule has 5 nitrogen and oxygen atoms in total. The molecule has 2 heterocycles. The third-order valence-electron chi connectivity index (χ3n) is 7.67. The lowest BCUT2D eigenvalue weighted by Crippen LogP contribution is -2.45. The number of rotatable bonds is 7. The van der Waals surface area contributed by atoms with E-state index in [-0.39, 0.29) is 22.8 Å². The van der Waals surface area contributed by atoms with Crippen molar-refractivity contribution in [1.29, 1.82) is 5.26 Å². The van der Waals surface area contributed by atoms with Crippen LogP contribution in [0.4, 0.5) is 18.9 Å². The van der Waals surface area contributed by atoms with Crippen molar-refractivity contribution in [2.24, 2.45) is 23.2 Å². The molecule has 1 aliphatic carbocycles. The number of halogens is 3. The second-order valence-electron chi connectivity index (χ2n) is 10.7. The van der Waals surface area contributed by atoms with Gasteiger partial charge in [0.1, 0.15) is 0 Å². The Bertz CT molecular complexity index is 928. The average molecular weight is 478 g/mol. The topological polar surface area (TPSA) is 56.6 Å². The van der Waals surface area contributed by atoms with E-state index in [4.69, 9.17) is 10.00 Å². The average Bonchev–Trinajstić information content (AvgIpc) is 3.54. The second-order valence-corrected chi connectivity index (χ2v) is 10.7. The van der Waals surface area contributed by atoms with Crippen LogP contribution in [-0.4, -0.2) is 50.2 Å². The van der Waals surface area contributed by atoms with Crippen molar-refractivity contribution < 1.29 is 22.7 Å². The number of likely N-dealkylation sites (tertiary alicyclic amines) is 1. The van der Waals surface area contributed by atoms with Crippen molar-refractivity contribution in [2.45, 2.75) is 52.1 Å².